The molecule has 0 spiro atoms. The molecule has 1 aliphatic rings. The van der Waals surface area contributed by atoms with Crippen LogP contribution < -0.4 is 4.74 Å². The molecular formula is C12H14ClNO3. The summed E-state index contributed by atoms with van der Waals surface area (Å²) in [7, 11) is 1.50. The summed E-state index contributed by atoms with van der Waals surface area (Å²) in [6.45, 7) is 0. The van der Waals surface area contributed by atoms with Gasteiger partial charge in [-0.2, -0.15) is 0 Å². The average molecular weight is 256 g/mol. The van der Waals surface area contributed by atoms with Crippen molar-refractivity contribution in [1.29, 1.82) is 0 Å². The van der Waals surface area contributed by atoms with E-state index >= 15 is 0 Å². The van der Waals surface area contributed by atoms with Crippen molar-refractivity contribution in [3.8, 4) is 11.5 Å². The molecule has 0 atom stereocenters. The zero-order valence-electron chi connectivity index (χ0n) is 9.48. The summed E-state index contributed by atoms with van der Waals surface area (Å²) < 4.78 is 4.99. The van der Waals surface area contributed by atoms with E-state index < -0.39 is 0 Å². The molecule has 92 valence electrons. The number of benzene rings is 1. The highest BCUT2D eigenvalue weighted by Crippen LogP contribution is 2.38. The average Bonchev–Trinajstić information content (AvgIpc) is 3.10. The second-order valence-corrected chi connectivity index (χ2v) is 4.60. The lowest BCUT2D eigenvalue weighted by Gasteiger charge is -2.10. The number of rotatable bonds is 4. The minimum absolute atomic E-state index is 0.0252. The fourth-order valence-electron chi connectivity index (χ4n) is 1.76. The molecule has 1 aromatic carbocycles. The summed E-state index contributed by atoms with van der Waals surface area (Å²) in [5, 5.41) is 22.5. The molecular weight excluding hydrogens is 242 g/mol. The molecule has 2 N–H and O–H groups in total. The molecule has 1 fully saturated rings. The quantitative estimate of drug-likeness (QED) is 0.494. The number of nitrogens with zero attached hydrogens (tertiary/aromatic N) is 1. The zero-order chi connectivity index (χ0) is 12.4. The van der Waals surface area contributed by atoms with Gasteiger partial charge in [-0.25, -0.2) is 0 Å². The third kappa shape index (κ3) is 2.64. The normalized spacial score (nSPS) is 16.0. The Bertz CT molecular complexity index is 432. The highest BCUT2D eigenvalue weighted by molar-refractivity contribution is 6.34. The van der Waals surface area contributed by atoms with Crippen LogP contribution in [0.5, 0.6) is 11.5 Å². The standard InChI is InChI=1S/C12H14ClNO3/c1-17-8-5-9(13)12(11(15)6-8)10(14-16)4-7-2-3-7/h5-7,15-16H,2-4H2,1H3/b14-10+. The van der Waals surface area contributed by atoms with Crippen molar-refractivity contribution < 1.29 is 15.1 Å². The van der Waals surface area contributed by atoms with Gasteiger partial charge < -0.3 is 15.1 Å². The van der Waals surface area contributed by atoms with Gasteiger partial charge in [0.15, 0.2) is 0 Å². The third-order valence-electron chi connectivity index (χ3n) is 2.87. The van der Waals surface area contributed by atoms with Gasteiger partial charge in [0.25, 0.3) is 0 Å². The molecule has 0 amide bonds. The second-order valence-electron chi connectivity index (χ2n) is 4.20. The van der Waals surface area contributed by atoms with Crippen molar-refractivity contribution in [2.45, 2.75) is 19.3 Å². The largest absolute Gasteiger partial charge is 0.507 e. The SMILES string of the molecule is COc1cc(O)c(/C(CC2CC2)=N/O)c(Cl)c1. The van der Waals surface area contributed by atoms with Gasteiger partial charge in [0.05, 0.1) is 23.4 Å². The van der Waals surface area contributed by atoms with Crippen molar-refractivity contribution in [1.82, 2.24) is 0 Å². The predicted octanol–water partition coefficient (Wildman–Crippen LogP) is 3.03. The molecule has 0 bridgehead atoms. The topological polar surface area (TPSA) is 62.0 Å². The Kier molecular flexibility index (Phi) is 3.43. The van der Waals surface area contributed by atoms with Gasteiger partial charge in [-0.1, -0.05) is 16.8 Å². The molecule has 0 heterocycles. The number of oxime groups is 1. The highest BCUT2D eigenvalue weighted by Gasteiger charge is 2.26. The number of hydrogen-bond acceptors (Lipinski definition) is 4. The van der Waals surface area contributed by atoms with E-state index in [0.717, 1.165) is 12.8 Å². The number of ether oxygens (including phenoxy) is 1. The Balaban J connectivity index is 2.35. The van der Waals surface area contributed by atoms with Gasteiger partial charge in [0.1, 0.15) is 11.5 Å². The first-order chi connectivity index (χ1) is 8.15. The Labute approximate surface area is 104 Å². The van der Waals surface area contributed by atoms with E-state index in [9.17, 15) is 5.11 Å². The van der Waals surface area contributed by atoms with Gasteiger partial charge in [-0.05, 0) is 31.2 Å². The van der Waals surface area contributed by atoms with Crippen molar-refractivity contribution >= 4 is 17.3 Å². The number of phenols is 1. The zero-order valence-corrected chi connectivity index (χ0v) is 10.2. The molecule has 2 rings (SSSR count). The molecule has 4 nitrogen and oxygen atoms in total. The van der Waals surface area contributed by atoms with Crippen LogP contribution in [0.4, 0.5) is 0 Å². The van der Waals surface area contributed by atoms with Gasteiger partial charge in [-0.3, -0.25) is 0 Å². The highest BCUT2D eigenvalue weighted by atomic mass is 35.5. The molecule has 0 aliphatic heterocycles. The smallest absolute Gasteiger partial charge is 0.129 e. The fourth-order valence-corrected chi connectivity index (χ4v) is 2.07. The molecule has 1 aromatic rings. The van der Waals surface area contributed by atoms with E-state index in [1.54, 1.807) is 6.07 Å². The van der Waals surface area contributed by atoms with E-state index in [1.165, 1.54) is 13.2 Å². The van der Waals surface area contributed by atoms with Crippen LogP contribution in [0.3, 0.4) is 0 Å². The van der Waals surface area contributed by atoms with Crippen molar-refractivity contribution in [3.05, 3.63) is 22.7 Å². The van der Waals surface area contributed by atoms with Crippen molar-refractivity contribution in [2.75, 3.05) is 7.11 Å². The summed E-state index contributed by atoms with van der Waals surface area (Å²) in [4.78, 5) is 0. The monoisotopic (exact) mass is 255 g/mol. The maximum atomic E-state index is 9.88. The minimum atomic E-state index is -0.0252. The molecule has 0 saturated heterocycles. The van der Waals surface area contributed by atoms with E-state index in [0.29, 0.717) is 34.4 Å². The Morgan fingerprint density at radius 3 is 2.71 bits per heavy atom. The molecule has 0 aromatic heterocycles. The van der Waals surface area contributed by atoms with Gasteiger partial charge in [0, 0.05) is 6.07 Å². The molecule has 0 unspecified atom stereocenters. The molecule has 5 heteroatoms. The first kappa shape index (κ1) is 12.0. The fraction of sp³-hybridized carbons (Fsp3) is 0.417. The van der Waals surface area contributed by atoms with E-state index in [1.807, 2.05) is 0 Å². The van der Waals surface area contributed by atoms with E-state index in [4.69, 9.17) is 21.5 Å². The molecule has 0 radical (unpaired) electrons. The van der Waals surface area contributed by atoms with Crippen LogP contribution in [0.1, 0.15) is 24.8 Å². The van der Waals surface area contributed by atoms with E-state index in [2.05, 4.69) is 5.16 Å². The molecule has 17 heavy (non-hydrogen) atoms. The van der Waals surface area contributed by atoms with Crippen LogP contribution >= 0.6 is 11.6 Å². The summed E-state index contributed by atoms with van der Waals surface area (Å²) in [5.74, 6) is 0.987. The minimum Gasteiger partial charge on any atom is -0.507 e. The summed E-state index contributed by atoms with van der Waals surface area (Å²) in [6, 6.07) is 3.05. The predicted molar refractivity (Wildman–Crippen MR) is 65.3 cm³/mol. The molecule has 1 aliphatic carbocycles. The van der Waals surface area contributed by atoms with Gasteiger partial charge in [0.2, 0.25) is 0 Å². The van der Waals surface area contributed by atoms with Crippen LogP contribution in [-0.2, 0) is 0 Å². The maximum Gasteiger partial charge on any atom is 0.129 e. The third-order valence-corrected chi connectivity index (χ3v) is 3.16. The Hall–Kier alpha value is -1.42. The lowest BCUT2D eigenvalue weighted by molar-refractivity contribution is 0.317. The Morgan fingerprint density at radius 1 is 1.53 bits per heavy atom. The number of methoxy groups -OCH3 is 1. The van der Waals surface area contributed by atoms with Gasteiger partial charge >= 0.3 is 0 Å². The number of aromatic hydroxyl groups is 1. The molecule has 1 saturated carbocycles. The van der Waals surface area contributed by atoms with Crippen LogP contribution in [0, 0.1) is 5.92 Å². The lowest BCUT2D eigenvalue weighted by atomic mass is 10.0. The van der Waals surface area contributed by atoms with Crippen LogP contribution in [-0.4, -0.2) is 23.1 Å². The summed E-state index contributed by atoms with van der Waals surface area (Å²) >= 11 is 6.06. The second kappa shape index (κ2) is 4.84. The van der Waals surface area contributed by atoms with Crippen molar-refractivity contribution in [3.63, 3.8) is 0 Å². The van der Waals surface area contributed by atoms with Gasteiger partial charge in [-0.15, -0.1) is 0 Å². The Morgan fingerprint density at radius 2 is 2.24 bits per heavy atom. The summed E-state index contributed by atoms with van der Waals surface area (Å²) in [6.07, 6.45) is 2.90. The van der Waals surface area contributed by atoms with Crippen LogP contribution in [0.15, 0.2) is 17.3 Å². The number of halogens is 1. The number of hydrogen-bond donors (Lipinski definition) is 2. The van der Waals surface area contributed by atoms with E-state index in [-0.39, 0.29) is 5.75 Å². The lowest BCUT2D eigenvalue weighted by Crippen LogP contribution is -2.04. The summed E-state index contributed by atoms with van der Waals surface area (Å²) in [5.41, 5.74) is 0.819. The maximum absolute atomic E-state index is 9.88. The first-order valence-electron chi connectivity index (χ1n) is 5.43. The first-order valence-corrected chi connectivity index (χ1v) is 5.81. The van der Waals surface area contributed by atoms with Crippen LogP contribution in [0.2, 0.25) is 5.02 Å². The number of phenolic OH excluding ortho intramolecular Hbond substituents is 1. The van der Waals surface area contributed by atoms with Crippen molar-refractivity contribution in [2.24, 2.45) is 11.1 Å². The van der Waals surface area contributed by atoms with Crippen LogP contribution in [0.25, 0.3) is 0 Å².